The first kappa shape index (κ1) is 22.3. The van der Waals surface area contributed by atoms with E-state index >= 15 is 0 Å². The average molecular weight is 369 g/mol. The summed E-state index contributed by atoms with van der Waals surface area (Å²) in [6.45, 7) is 7.47. The smallest absolute Gasteiger partial charge is 0.127 e. The molecule has 0 bridgehead atoms. The van der Waals surface area contributed by atoms with Gasteiger partial charge in [0, 0.05) is 11.1 Å². The van der Waals surface area contributed by atoms with Gasteiger partial charge in [-0.05, 0) is 31.1 Å². The third kappa shape index (κ3) is 7.99. The van der Waals surface area contributed by atoms with Crippen molar-refractivity contribution >= 4 is 5.97 Å². The van der Waals surface area contributed by atoms with Gasteiger partial charge in [0.2, 0.25) is 0 Å². The molecule has 0 aliphatic carbocycles. The molecule has 4 nitrogen and oxygen atoms in total. The van der Waals surface area contributed by atoms with Crippen LogP contribution in [0.3, 0.4) is 0 Å². The molecule has 0 saturated carbocycles. The highest BCUT2D eigenvalue weighted by molar-refractivity contribution is 5.82. The Morgan fingerprint density at radius 2 is 1.48 bits per heavy atom. The molecule has 0 aliphatic heterocycles. The Bertz CT molecular complexity index is 710. The third-order valence-electron chi connectivity index (χ3n) is 3.89. The van der Waals surface area contributed by atoms with Crippen molar-refractivity contribution in [1.82, 2.24) is 0 Å². The van der Waals surface area contributed by atoms with Crippen LogP contribution in [0.4, 0.5) is 0 Å². The Morgan fingerprint density at radius 3 is 2.00 bits per heavy atom. The number of rotatable bonds is 9. The summed E-state index contributed by atoms with van der Waals surface area (Å²) < 4.78 is 11.4. The summed E-state index contributed by atoms with van der Waals surface area (Å²) in [6, 6.07) is 16.2. The topological polar surface area (TPSA) is 58.6 Å². The van der Waals surface area contributed by atoms with Crippen molar-refractivity contribution in [3.05, 3.63) is 60.7 Å². The predicted molar refractivity (Wildman–Crippen MR) is 108 cm³/mol. The first-order valence-electron chi connectivity index (χ1n) is 9.23. The number of benzene rings is 2. The molecule has 0 saturated heterocycles. The lowest BCUT2D eigenvalue weighted by Gasteiger charge is -2.14. The zero-order valence-electron chi connectivity index (χ0n) is 16.5. The van der Waals surface area contributed by atoms with E-state index in [1.165, 1.54) is 26.2 Å². The van der Waals surface area contributed by atoms with Gasteiger partial charge < -0.3 is 19.4 Å². The number of ether oxygens (including phenoxy) is 2. The molecule has 0 aliphatic rings. The first-order valence-corrected chi connectivity index (χ1v) is 9.23. The summed E-state index contributed by atoms with van der Waals surface area (Å²) in [5, 5.41) is 9.49. The van der Waals surface area contributed by atoms with E-state index in [0.717, 1.165) is 35.7 Å². The van der Waals surface area contributed by atoms with Crippen molar-refractivity contribution in [3.63, 3.8) is 0 Å². The summed E-state index contributed by atoms with van der Waals surface area (Å²) in [5.41, 5.74) is 2.23. The molecule has 2 rings (SSSR count). The molecule has 2 aromatic rings. The van der Waals surface area contributed by atoms with Crippen LogP contribution in [-0.2, 0) is 4.79 Å². The lowest BCUT2D eigenvalue weighted by Crippen LogP contribution is -2.22. The molecule has 27 heavy (non-hydrogen) atoms. The number of carboxylic acids is 1. The van der Waals surface area contributed by atoms with Crippen molar-refractivity contribution < 1.29 is 19.4 Å². The predicted octanol–water partition coefficient (Wildman–Crippen LogP) is 4.63. The Labute approximate surface area is 162 Å². The second-order valence-corrected chi connectivity index (χ2v) is 6.17. The van der Waals surface area contributed by atoms with E-state index in [1.807, 2.05) is 36.4 Å². The van der Waals surface area contributed by atoms with Gasteiger partial charge in [-0.1, -0.05) is 69.2 Å². The van der Waals surface area contributed by atoms with Gasteiger partial charge in [-0.25, -0.2) is 0 Å². The van der Waals surface area contributed by atoms with Gasteiger partial charge in [0.15, 0.2) is 0 Å². The van der Waals surface area contributed by atoms with Crippen LogP contribution in [0, 0.1) is 0 Å². The highest BCUT2D eigenvalue weighted by atomic mass is 16.5. The number of hydrogen-bond donors (Lipinski definition) is 0. The molecule has 4 heteroatoms. The molecular weight excluding hydrogens is 340 g/mol. The summed E-state index contributed by atoms with van der Waals surface area (Å²) >= 11 is 0. The molecular formula is C23H29O4-. The number of carboxylic acid groups (broad SMARTS) is 1. The fourth-order valence-corrected chi connectivity index (χ4v) is 2.39. The number of aliphatic carboxylic acids is 1. The van der Waals surface area contributed by atoms with Crippen molar-refractivity contribution in [1.29, 1.82) is 0 Å². The number of methoxy groups -OCH3 is 1. The second-order valence-electron chi connectivity index (χ2n) is 6.17. The summed E-state index contributed by atoms with van der Waals surface area (Å²) in [4.78, 5) is 9.49. The van der Waals surface area contributed by atoms with Crippen LogP contribution in [0.2, 0.25) is 0 Å². The lowest BCUT2D eigenvalue weighted by atomic mass is 10.0. The maximum Gasteiger partial charge on any atom is 0.127 e. The fourth-order valence-electron chi connectivity index (χ4n) is 2.39. The lowest BCUT2D eigenvalue weighted by molar-refractivity contribution is -0.299. The zero-order valence-corrected chi connectivity index (χ0v) is 16.5. The molecule has 0 atom stereocenters. The molecule has 0 heterocycles. The molecule has 0 N–H and O–H groups in total. The fraction of sp³-hybridized carbons (Fsp3) is 0.348. The molecule has 2 aromatic carbocycles. The molecule has 0 unspecified atom stereocenters. The van der Waals surface area contributed by atoms with Crippen LogP contribution in [-0.4, -0.2) is 19.7 Å². The largest absolute Gasteiger partial charge is 0.545 e. The molecule has 0 fully saturated rings. The molecule has 0 radical (unpaired) electrons. The minimum absolute atomic E-state index is 0.0648. The Balaban J connectivity index is 0.000000527. The van der Waals surface area contributed by atoms with Gasteiger partial charge in [-0.3, -0.25) is 0 Å². The molecule has 0 spiro atoms. The van der Waals surface area contributed by atoms with Crippen molar-refractivity contribution in [2.45, 2.75) is 39.5 Å². The quantitative estimate of drug-likeness (QED) is 0.477. The van der Waals surface area contributed by atoms with Crippen LogP contribution in [0.15, 0.2) is 60.7 Å². The SMILES string of the molecule is C=C(C)C(=O)[O-].CCCCCCOc1ccccc1-c1ccccc1OC. The highest BCUT2D eigenvalue weighted by Crippen LogP contribution is 2.36. The van der Waals surface area contributed by atoms with E-state index in [0.29, 0.717) is 0 Å². The summed E-state index contributed by atoms with van der Waals surface area (Å²) in [6.07, 6.45) is 4.86. The molecule has 146 valence electrons. The molecule has 0 amide bonds. The maximum absolute atomic E-state index is 9.49. The van der Waals surface area contributed by atoms with Crippen molar-refractivity contribution in [2.24, 2.45) is 0 Å². The highest BCUT2D eigenvalue weighted by Gasteiger charge is 2.10. The standard InChI is InChI=1S/C19H24O2.C4H6O2/c1-3-4-5-10-15-21-19-14-9-7-12-17(19)16-11-6-8-13-18(16)20-2;1-3(2)4(5)6/h6-9,11-14H,3-5,10,15H2,1-2H3;1H2,2H3,(H,5,6)/p-1. The Morgan fingerprint density at radius 1 is 0.963 bits per heavy atom. The first-order chi connectivity index (χ1) is 13.0. The van der Waals surface area contributed by atoms with Crippen LogP contribution in [0.25, 0.3) is 11.1 Å². The van der Waals surface area contributed by atoms with Gasteiger partial charge >= 0.3 is 0 Å². The van der Waals surface area contributed by atoms with Gasteiger partial charge in [-0.15, -0.1) is 0 Å². The zero-order chi connectivity index (χ0) is 20.1. The maximum atomic E-state index is 9.49. The van der Waals surface area contributed by atoms with E-state index in [-0.39, 0.29) is 5.57 Å². The second kappa shape index (κ2) is 12.6. The monoisotopic (exact) mass is 369 g/mol. The van der Waals surface area contributed by atoms with Crippen LogP contribution >= 0.6 is 0 Å². The third-order valence-corrected chi connectivity index (χ3v) is 3.89. The number of hydrogen-bond acceptors (Lipinski definition) is 4. The normalized spacial score (nSPS) is 9.74. The van der Waals surface area contributed by atoms with E-state index in [9.17, 15) is 9.90 Å². The minimum Gasteiger partial charge on any atom is -0.545 e. The number of unbranched alkanes of at least 4 members (excludes halogenated alkanes) is 3. The number of para-hydroxylation sites is 2. The van der Waals surface area contributed by atoms with E-state index in [4.69, 9.17) is 9.47 Å². The van der Waals surface area contributed by atoms with Crippen LogP contribution in [0.5, 0.6) is 11.5 Å². The average Bonchev–Trinajstić information content (AvgIpc) is 2.68. The van der Waals surface area contributed by atoms with Gasteiger partial charge in [0.05, 0.1) is 19.7 Å². The Hall–Kier alpha value is -2.75. The minimum atomic E-state index is -1.19. The van der Waals surface area contributed by atoms with Gasteiger partial charge in [-0.2, -0.15) is 0 Å². The summed E-state index contributed by atoms with van der Waals surface area (Å²) in [5.74, 6) is 0.619. The van der Waals surface area contributed by atoms with Crippen molar-refractivity contribution in [2.75, 3.05) is 13.7 Å². The van der Waals surface area contributed by atoms with Gasteiger partial charge in [0.1, 0.15) is 11.5 Å². The summed E-state index contributed by atoms with van der Waals surface area (Å²) in [7, 11) is 1.70. The van der Waals surface area contributed by atoms with Crippen LogP contribution in [0.1, 0.15) is 39.5 Å². The molecule has 0 aromatic heterocycles. The Kier molecular flexibility index (Phi) is 10.4. The van der Waals surface area contributed by atoms with E-state index in [2.05, 4.69) is 25.6 Å². The van der Waals surface area contributed by atoms with E-state index < -0.39 is 5.97 Å². The number of carbonyl (C=O) groups excluding carboxylic acids is 1. The van der Waals surface area contributed by atoms with E-state index in [1.54, 1.807) is 7.11 Å². The van der Waals surface area contributed by atoms with Gasteiger partial charge in [0.25, 0.3) is 0 Å². The van der Waals surface area contributed by atoms with Crippen molar-refractivity contribution in [3.8, 4) is 22.6 Å². The number of carbonyl (C=O) groups is 1. The van der Waals surface area contributed by atoms with Crippen LogP contribution < -0.4 is 14.6 Å².